The third-order valence-corrected chi connectivity index (χ3v) is 3.61. The van der Waals surface area contributed by atoms with Crippen LogP contribution in [0, 0.1) is 0 Å². The fourth-order valence-electron chi connectivity index (χ4n) is 2.05. The van der Waals surface area contributed by atoms with Crippen LogP contribution in [-0.2, 0) is 109 Å². The number of hydrogen-bond acceptors (Lipinski definition) is 8. The van der Waals surface area contributed by atoms with E-state index in [0.717, 1.165) is 0 Å². The average molecular weight is 1110 g/mol. The summed E-state index contributed by atoms with van der Waals surface area (Å²) in [6.07, 6.45) is 0. The number of amides is 8. The molecule has 252 valence electrons. The van der Waals surface area contributed by atoms with Gasteiger partial charge >= 0.3 is 191 Å². The van der Waals surface area contributed by atoms with E-state index in [-0.39, 0.29) is 52.4 Å². The second-order valence-corrected chi connectivity index (χ2v) is 19.7. The van der Waals surface area contributed by atoms with Gasteiger partial charge in [0.15, 0.2) is 0 Å². The van der Waals surface area contributed by atoms with Gasteiger partial charge < -0.3 is 42.5 Å². The molecule has 16 nitrogen and oxygen atoms in total. The molecular weight excluding hydrogens is 1090 g/mol. The molecule has 0 atom stereocenters. The van der Waals surface area contributed by atoms with Crippen LogP contribution in [0.25, 0.3) is 0 Å². The third-order valence-electron chi connectivity index (χ3n) is 3.61. The summed E-state index contributed by atoms with van der Waals surface area (Å²) < 4.78 is 0. The SMILES string of the molecule is O=C1NCCNC(=O)C(=O)NCCNC(=O)C(=O)NCCNC(=O)C(=O)NCCNC1=O.[Cl][Nb][Cl].[Cl][Nb][Cl].[Cl][Nb][Cl].[Cl][Nb][Cl]. The third kappa shape index (κ3) is 37.5. The number of hydrogen-bond donors (Lipinski definition) is 8. The predicted molar refractivity (Wildman–Crippen MR) is 151 cm³/mol. The maximum absolute atomic E-state index is 11.6. The maximum atomic E-state index is 11.6. The molecule has 0 spiro atoms. The van der Waals surface area contributed by atoms with Gasteiger partial charge in [0.05, 0.1) is 0 Å². The molecule has 1 fully saturated rings. The molecule has 0 aliphatic carbocycles. The summed E-state index contributed by atoms with van der Waals surface area (Å²) >= 11 is -2.82. The predicted octanol–water partition coefficient (Wildman–Crippen LogP) is -1.56. The zero-order valence-corrected chi connectivity index (χ0v) is 36.6. The Balaban J connectivity index is -0.000000572. The molecule has 44 heavy (non-hydrogen) atoms. The van der Waals surface area contributed by atoms with Crippen LogP contribution in [0.5, 0.6) is 0 Å². The topological polar surface area (TPSA) is 233 Å². The number of halogens is 8. The Kier molecular flexibility index (Phi) is 47.4. The molecule has 0 saturated carbocycles. The second kappa shape index (κ2) is 40.2. The molecule has 1 saturated heterocycles. The van der Waals surface area contributed by atoms with E-state index in [2.05, 4.69) is 42.5 Å². The normalized spacial score (nSPS) is 15.5. The summed E-state index contributed by atoms with van der Waals surface area (Å²) in [5.74, 6) is -8.00. The zero-order valence-electron chi connectivity index (χ0n) is 21.7. The molecule has 0 aromatic heterocycles. The second-order valence-electron chi connectivity index (χ2n) is 6.30. The van der Waals surface area contributed by atoms with Gasteiger partial charge in [-0.05, 0) is 0 Å². The summed E-state index contributed by atoms with van der Waals surface area (Å²) in [5.41, 5.74) is 0. The number of carbonyl (C=O) groups excluding carboxylic acids is 8. The van der Waals surface area contributed by atoms with Gasteiger partial charge in [-0.3, -0.25) is 38.4 Å². The van der Waals surface area contributed by atoms with Crippen LogP contribution in [0.1, 0.15) is 0 Å². The first-order chi connectivity index (χ1) is 20.9. The molecule has 0 radical (unpaired) electrons. The average Bonchev–Trinajstić information content (AvgIpc) is 2.98. The van der Waals surface area contributed by atoms with E-state index in [1.54, 1.807) is 0 Å². The monoisotopic (exact) mass is 1110 g/mol. The van der Waals surface area contributed by atoms with Gasteiger partial charge in [0.2, 0.25) is 0 Å². The first kappa shape index (κ1) is 51.9. The van der Waals surface area contributed by atoms with Crippen LogP contribution in [0.2, 0.25) is 0 Å². The van der Waals surface area contributed by atoms with Crippen LogP contribution < -0.4 is 42.5 Å². The molecule has 1 aliphatic rings. The quantitative estimate of drug-likeness (QED) is 0.104. The minimum atomic E-state index is -1.000. The fourth-order valence-corrected chi connectivity index (χ4v) is 2.05. The Bertz CT molecular complexity index is 692. The first-order valence-electron chi connectivity index (χ1n) is 10.8. The van der Waals surface area contributed by atoms with E-state index in [4.69, 9.17) is 73.5 Å². The van der Waals surface area contributed by atoms with Crippen molar-refractivity contribution in [1.82, 2.24) is 42.5 Å². The van der Waals surface area contributed by atoms with Crippen LogP contribution >= 0.6 is 73.5 Å². The standard InChI is InChI=1S/C16H24N8O8.8ClH.4Nb/c25-9-10(26)19-3-4-21-13(29)14(30)23-7-8-24-16(32)15(31)22-6-5-20-12(28)11(27)18-2-1-17-9;;;;;;;;;;;;/h1-8H2,(H,17,25)(H,18,27)(H,19,26)(H,20,28)(H,21,29)(H,22,31)(H,23,30)(H,24,32);8*1H;;;;/q;;;;;;;;;4*+2/p-8. The Morgan fingerprint density at radius 3 is 0.409 bits per heavy atom. The van der Waals surface area contributed by atoms with Gasteiger partial charge in [0, 0.05) is 52.4 Å². The van der Waals surface area contributed by atoms with Crippen molar-refractivity contribution in [2.75, 3.05) is 52.4 Å². The van der Waals surface area contributed by atoms with E-state index < -0.39 is 118 Å². The van der Waals surface area contributed by atoms with E-state index in [0.29, 0.717) is 0 Å². The summed E-state index contributed by atoms with van der Waals surface area (Å²) in [6, 6.07) is 0. The van der Waals surface area contributed by atoms with Gasteiger partial charge in [-0.15, -0.1) is 0 Å². The van der Waals surface area contributed by atoms with Crippen LogP contribution in [0.15, 0.2) is 0 Å². The fraction of sp³-hybridized carbons (Fsp3) is 0.500. The van der Waals surface area contributed by atoms with Crippen molar-refractivity contribution in [3.63, 3.8) is 0 Å². The van der Waals surface area contributed by atoms with Crippen LogP contribution in [-0.4, -0.2) is 99.6 Å². The van der Waals surface area contributed by atoms with Gasteiger partial charge in [0.1, 0.15) is 0 Å². The van der Waals surface area contributed by atoms with Crippen molar-refractivity contribution in [3.8, 4) is 0 Å². The Labute approximate surface area is 320 Å². The molecule has 1 aliphatic heterocycles. The summed E-state index contributed by atoms with van der Waals surface area (Å²) in [5, 5.41) is 17.7. The number of nitrogens with one attached hydrogen (secondary N) is 8. The molecule has 0 aromatic rings. The Morgan fingerprint density at radius 2 is 0.341 bits per heavy atom. The first-order valence-corrected chi connectivity index (χ1v) is 33.5. The number of rotatable bonds is 0. The van der Waals surface area contributed by atoms with Gasteiger partial charge in [-0.25, -0.2) is 0 Å². The van der Waals surface area contributed by atoms with Crippen molar-refractivity contribution >= 4 is 121 Å². The zero-order chi connectivity index (χ0) is 34.8. The summed E-state index contributed by atoms with van der Waals surface area (Å²) in [4.78, 5) is 92.8. The van der Waals surface area contributed by atoms with Crippen LogP contribution in [0.3, 0.4) is 0 Å². The van der Waals surface area contributed by atoms with Gasteiger partial charge in [-0.1, -0.05) is 0 Å². The molecule has 8 amide bonds. The van der Waals surface area contributed by atoms with Crippen molar-refractivity contribution in [2.24, 2.45) is 0 Å². The van der Waals surface area contributed by atoms with E-state index in [1.807, 2.05) is 0 Å². The molecule has 0 aromatic carbocycles. The summed E-state index contributed by atoms with van der Waals surface area (Å²) in [6.45, 7) is -1.16. The van der Waals surface area contributed by atoms with Crippen LogP contribution in [0.4, 0.5) is 0 Å². The molecule has 0 unspecified atom stereocenters. The van der Waals surface area contributed by atoms with Gasteiger partial charge in [0.25, 0.3) is 0 Å². The molecule has 0 bridgehead atoms. The minimum absolute atomic E-state index is 0.145. The van der Waals surface area contributed by atoms with Crippen molar-refractivity contribution in [3.05, 3.63) is 0 Å². The Hall–Kier alpha value is 1.04. The van der Waals surface area contributed by atoms with Crippen molar-refractivity contribution < 1.29 is 109 Å². The number of carbonyl (C=O) groups is 8. The molecular formula is C16H24Cl8N8Nb4O8. The Morgan fingerprint density at radius 1 is 0.273 bits per heavy atom. The van der Waals surface area contributed by atoms with Gasteiger partial charge in [-0.2, -0.15) is 0 Å². The summed E-state index contributed by atoms with van der Waals surface area (Å²) in [7, 11) is 39.3. The molecule has 28 heteroatoms. The van der Waals surface area contributed by atoms with E-state index in [1.165, 1.54) is 0 Å². The molecule has 1 rings (SSSR count). The van der Waals surface area contributed by atoms with Crippen molar-refractivity contribution in [2.45, 2.75) is 0 Å². The van der Waals surface area contributed by atoms with Crippen molar-refractivity contribution in [1.29, 1.82) is 0 Å². The molecule has 1 heterocycles. The van der Waals surface area contributed by atoms with E-state index >= 15 is 0 Å². The van der Waals surface area contributed by atoms with E-state index in [9.17, 15) is 38.4 Å². The molecule has 8 N–H and O–H groups in total.